The molecule has 0 saturated carbocycles. The maximum Gasteiger partial charge on any atom is 0.339 e. The average molecular weight is 356 g/mol. The average Bonchev–Trinajstić information content (AvgIpc) is 3.17. The number of carbonyl (C=O) groups is 1. The fraction of sp³-hybridized carbons (Fsp3) is 0.333. The van der Waals surface area contributed by atoms with Crippen molar-refractivity contribution in [3.05, 3.63) is 51.7 Å². The molecule has 1 N–H and O–H groups in total. The number of nitro groups is 1. The molecule has 2 heterocycles. The van der Waals surface area contributed by atoms with E-state index in [1.54, 1.807) is 0 Å². The predicted octanol–water partition coefficient (Wildman–Crippen LogP) is 3.43. The number of hydrogen-bond donors (Lipinski definition) is 1. The van der Waals surface area contributed by atoms with E-state index >= 15 is 0 Å². The zero-order chi connectivity index (χ0) is 18.7. The molecule has 1 fully saturated rings. The van der Waals surface area contributed by atoms with E-state index in [9.17, 15) is 14.9 Å². The second-order valence-electron chi connectivity index (χ2n) is 6.16. The summed E-state index contributed by atoms with van der Waals surface area (Å²) in [5, 5.41) is 14.4. The molecular weight excluding hydrogens is 336 g/mol. The molecule has 1 aromatic carbocycles. The first-order valence-electron chi connectivity index (χ1n) is 8.35. The normalized spacial score (nSPS) is 13.5. The number of rotatable bonds is 5. The van der Waals surface area contributed by atoms with Crippen LogP contribution in [-0.2, 0) is 4.74 Å². The minimum Gasteiger partial charge on any atom is -0.465 e. The molecule has 136 valence electrons. The van der Waals surface area contributed by atoms with E-state index in [1.807, 2.05) is 19.1 Å². The van der Waals surface area contributed by atoms with Crippen LogP contribution in [0.5, 0.6) is 0 Å². The first-order chi connectivity index (χ1) is 12.5. The van der Waals surface area contributed by atoms with Crippen LogP contribution in [0.25, 0.3) is 0 Å². The summed E-state index contributed by atoms with van der Waals surface area (Å²) in [7, 11) is 1.21. The minimum atomic E-state index is -0.668. The van der Waals surface area contributed by atoms with Crippen molar-refractivity contribution < 1.29 is 14.5 Å². The second kappa shape index (κ2) is 7.38. The van der Waals surface area contributed by atoms with Crippen LogP contribution in [0.4, 0.5) is 22.9 Å². The van der Waals surface area contributed by atoms with Crippen molar-refractivity contribution in [3.8, 4) is 0 Å². The van der Waals surface area contributed by atoms with Crippen LogP contribution in [0.15, 0.2) is 30.5 Å². The van der Waals surface area contributed by atoms with Crippen LogP contribution in [-0.4, -0.2) is 36.1 Å². The molecule has 3 rings (SSSR count). The fourth-order valence-corrected chi connectivity index (χ4v) is 3.01. The fourth-order valence-electron chi connectivity index (χ4n) is 3.01. The van der Waals surface area contributed by atoms with Gasteiger partial charge in [0.25, 0.3) is 0 Å². The zero-order valence-corrected chi connectivity index (χ0v) is 14.7. The molecule has 0 atom stereocenters. The zero-order valence-electron chi connectivity index (χ0n) is 14.7. The summed E-state index contributed by atoms with van der Waals surface area (Å²) in [4.78, 5) is 28.7. The summed E-state index contributed by atoms with van der Waals surface area (Å²) in [6.45, 7) is 4.04. The molecule has 0 radical (unpaired) electrons. The molecule has 0 aliphatic carbocycles. The Morgan fingerprint density at radius 1 is 1.31 bits per heavy atom. The Labute approximate surface area is 150 Å². The lowest BCUT2D eigenvalue weighted by Gasteiger charge is -2.19. The second-order valence-corrected chi connectivity index (χ2v) is 6.16. The number of carbonyl (C=O) groups excluding carboxylic acids is 1. The molecule has 8 heteroatoms. The van der Waals surface area contributed by atoms with Gasteiger partial charge in [0.2, 0.25) is 5.82 Å². The van der Waals surface area contributed by atoms with Crippen molar-refractivity contribution in [2.24, 2.45) is 0 Å². The third-order valence-corrected chi connectivity index (χ3v) is 4.42. The number of esters is 1. The standard InChI is InChI=1S/C18H20N4O4/c1-12-9-14(21-7-3-4-8-21)5-6-15(12)20-17-16(22(24)25)10-13(11-19-17)18(23)26-2/h5-6,9-11H,3-4,7-8H2,1-2H3,(H,19,20). The molecule has 1 saturated heterocycles. The largest absolute Gasteiger partial charge is 0.465 e. The van der Waals surface area contributed by atoms with Gasteiger partial charge in [0, 0.05) is 36.7 Å². The van der Waals surface area contributed by atoms with Crippen molar-refractivity contribution in [2.75, 3.05) is 30.4 Å². The van der Waals surface area contributed by atoms with E-state index in [-0.39, 0.29) is 17.1 Å². The summed E-state index contributed by atoms with van der Waals surface area (Å²) < 4.78 is 4.58. The van der Waals surface area contributed by atoms with Crippen LogP contribution in [0.2, 0.25) is 0 Å². The topological polar surface area (TPSA) is 97.6 Å². The quantitative estimate of drug-likeness (QED) is 0.498. The van der Waals surface area contributed by atoms with Crippen molar-refractivity contribution in [1.82, 2.24) is 4.98 Å². The van der Waals surface area contributed by atoms with Crippen LogP contribution in [0.1, 0.15) is 28.8 Å². The van der Waals surface area contributed by atoms with Gasteiger partial charge in [-0.2, -0.15) is 0 Å². The van der Waals surface area contributed by atoms with E-state index in [0.29, 0.717) is 0 Å². The number of nitrogens with zero attached hydrogens (tertiary/aromatic N) is 3. The van der Waals surface area contributed by atoms with Gasteiger partial charge in [-0.25, -0.2) is 9.78 Å². The van der Waals surface area contributed by atoms with Gasteiger partial charge in [0.05, 0.1) is 17.6 Å². The highest BCUT2D eigenvalue weighted by Crippen LogP contribution is 2.30. The molecule has 2 aromatic rings. The minimum absolute atomic E-state index is 0.0332. The van der Waals surface area contributed by atoms with Crippen LogP contribution < -0.4 is 10.2 Å². The summed E-state index contributed by atoms with van der Waals surface area (Å²) >= 11 is 0. The Morgan fingerprint density at radius 3 is 2.65 bits per heavy atom. The van der Waals surface area contributed by atoms with Gasteiger partial charge in [-0.1, -0.05) is 0 Å². The third-order valence-electron chi connectivity index (χ3n) is 4.42. The lowest BCUT2D eigenvalue weighted by Crippen LogP contribution is -2.17. The maximum atomic E-state index is 11.6. The maximum absolute atomic E-state index is 11.6. The third kappa shape index (κ3) is 3.58. The number of ether oxygens (including phenoxy) is 1. The predicted molar refractivity (Wildman–Crippen MR) is 98.1 cm³/mol. The summed E-state index contributed by atoms with van der Waals surface area (Å²) in [6.07, 6.45) is 3.65. The molecule has 0 spiro atoms. The van der Waals surface area contributed by atoms with Crippen LogP contribution in [0.3, 0.4) is 0 Å². The smallest absolute Gasteiger partial charge is 0.339 e. The number of benzene rings is 1. The van der Waals surface area contributed by atoms with Crippen molar-refractivity contribution >= 4 is 28.8 Å². The summed E-state index contributed by atoms with van der Waals surface area (Å²) in [5.74, 6) is -0.585. The Morgan fingerprint density at radius 2 is 2.04 bits per heavy atom. The molecular formula is C18H20N4O4. The number of hydrogen-bond acceptors (Lipinski definition) is 7. The molecule has 1 aliphatic rings. The Hall–Kier alpha value is -3.16. The first-order valence-corrected chi connectivity index (χ1v) is 8.35. The van der Waals surface area contributed by atoms with Gasteiger partial charge in [0.1, 0.15) is 0 Å². The molecule has 0 bridgehead atoms. The Kier molecular flexibility index (Phi) is 5.01. The monoisotopic (exact) mass is 356 g/mol. The Balaban J connectivity index is 1.88. The molecule has 0 unspecified atom stereocenters. The first kappa shape index (κ1) is 17.7. The van der Waals surface area contributed by atoms with Crippen molar-refractivity contribution in [2.45, 2.75) is 19.8 Å². The number of methoxy groups -OCH3 is 1. The van der Waals surface area contributed by atoms with Gasteiger partial charge in [-0.05, 0) is 43.5 Å². The molecule has 1 aliphatic heterocycles. The van der Waals surface area contributed by atoms with E-state index in [1.165, 1.54) is 26.1 Å². The van der Waals surface area contributed by atoms with Gasteiger partial charge in [-0.3, -0.25) is 10.1 Å². The molecule has 0 amide bonds. The highest BCUT2D eigenvalue weighted by atomic mass is 16.6. The summed E-state index contributed by atoms with van der Waals surface area (Å²) in [6, 6.07) is 7.11. The number of nitrogens with one attached hydrogen (secondary N) is 1. The number of aromatic nitrogens is 1. The van der Waals surface area contributed by atoms with Crippen LogP contribution >= 0.6 is 0 Å². The van der Waals surface area contributed by atoms with Gasteiger partial charge in [-0.15, -0.1) is 0 Å². The lowest BCUT2D eigenvalue weighted by atomic mass is 10.1. The van der Waals surface area contributed by atoms with E-state index < -0.39 is 10.9 Å². The molecule has 26 heavy (non-hydrogen) atoms. The van der Waals surface area contributed by atoms with Crippen molar-refractivity contribution in [3.63, 3.8) is 0 Å². The van der Waals surface area contributed by atoms with Gasteiger partial charge < -0.3 is 15.0 Å². The SMILES string of the molecule is COC(=O)c1cnc(Nc2ccc(N3CCCC3)cc2C)c([N+](=O)[O-])c1. The highest BCUT2D eigenvalue weighted by Gasteiger charge is 2.20. The molecule has 8 nitrogen and oxygen atoms in total. The number of anilines is 3. The van der Waals surface area contributed by atoms with Crippen molar-refractivity contribution in [1.29, 1.82) is 0 Å². The molecule has 1 aromatic heterocycles. The number of aryl methyl sites for hydroxylation is 1. The number of pyridine rings is 1. The lowest BCUT2D eigenvalue weighted by molar-refractivity contribution is -0.384. The van der Waals surface area contributed by atoms with E-state index in [0.717, 1.165) is 36.1 Å². The van der Waals surface area contributed by atoms with E-state index in [2.05, 4.69) is 26.0 Å². The summed E-state index contributed by atoms with van der Waals surface area (Å²) in [5.41, 5.74) is 2.59. The highest BCUT2D eigenvalue weighted by molar-refractivity contribution is 5.90. The van der Waals surface area contributed by atoms with Gasteiger partial charge in [0.15, 0.2) is 0 Å². The van der Waals surface area contributed by atoms with E-state index in [4.69, 9.17) is 0 Å². The van der Waals surface area contributed by atoms with Crippen LogP contribution in [0, 0.1) is 17.0 Å². The Bertz CT molecular complexity index is 847. The van der Waals surface area contributed by atoms with Gasteiger partial charge >= 0.3 is 11.7 Å².